The number of unbranched alkanes of at least 4 members (excludes halogenated alkanes) is 3. The molecule has 0 unspecified atom stereocenters. The summed E-state index contributed by atoms with van der Waals surface area (Å²) in [6, 6.07) is 22.3. The van der Waals surface area contributed by atoms with Crippen LogP contribution in [0.4, 0.5) is 0 Å². The van der Waals surface area contributed by atoms with E-state index in [9.17, 15) is 4.79 Å². The van der Waals surface area contributed by atoms with Crippen LogP contribution in [0.25, 0.3) is 28.3 Å². The van der Waals surface area contributed by atoms with Gasteiger partial charge < -0.3 is 9.47 Å². The Balaban J connectivity index is 1.62. The zero-order chi connectivity index (χ0) is 26.5. The Labute approximate surface area is 223 Å². The SMILES string of the molecule is C=Cc1cc(-c2ccc(OCCCCCC)cc2)ccc1-c1ccc(C(=O)OCCC[C@@H](C)CC)cc1. The smallest absolute Gasteiger partial charge is 0.338 e. The molecule has 0 N–H and O–H groups in total. The quantitative estimate of drug-likeness (QED) is 0.155. The topological polar surface area (TPSA) is 35.5 Å². The third-order valence-electron chi connectivity index (χ3n) is 6.93. The lowest BCUT2D eigenvalue weighted by Gasteiger charge is -2.12. The van der Waals surface area contributed by atoms with Gasteiger partial charge in [0.2, 0.25) is 0 Å². The van der Waals surface area contributed by atoms with Crippen molar-refractivity contribution in [3.63, 3.8) is 0 Å². The summed E-state index contributed by atoms with van der Waals surface area (Å²) in [6.07, 6.45) is 9.84. The van der Waals surface area contributed by atoms with Crippen molar-refractivity contribution in [2.24, 2.45) is 5.92 Å². The zero-order valence-corrected chi connectivity index (χ0v) is 22.8. The van der Waals surface area contributed by atoms with E-state index in [-0.39, 0.29) is 5.97 Å². The van der Waals surface area contributed by atoms with Gasteiger partial charge in [0.15, 0.2) is 0 Å². The lowest BCUT2D eigenvalue weighted by Crippen LogP contribution is -2.07. The molecule has 0 aromatic heterocycles. The van der Waals surface area contributed by atoms with Gasteiger partial charge in [-0.15, -0.1) is 0 Å². The van der Waals surface area contributed by atoms with Crippen molar-refractivity contribution in [3.8, 4) is 28.0 Å². The fraction of sp³-hybridized carbons (Fsp3) is 0.382. The summed E-state index contributed by atoms with van der Waals surface area (Å²) in [5.74, 6) is 1.32. The molecule has 196 valence electrons. The second-order valence-electron chi connectivity index (χ2n) is 9.81. The molecule has 1 atom stereocenters. The Morgan fingerprint density at radius 1 is 0.838 bits per heavy atom. The Kier molecular flexibility index (Phi) is 11.5. The molecule has 0 saturated carbocycles. The maximum Gasteiger partial charge on any atom is 0.338 e. The molecule has 37 heavy (non-hydrogen) atoms. The van der Waals surface area contributed by atoms with Crippen LogP contribution in [0.1, 0.15) is 81.6 Å². The molecule has 3 heteroatoms. The van der Waals surface area contributed by atoms with Crippen LogP contribution < -0.4 is 4.74 Å². The van der Waals surface area contributed by atoms with Crippen molar-refractivity contribution in [1.29, 1.82) is 0 Å². The van der Waals surface area contributed by atoms with Gasteiger partial charge in [0.05, 0.1) is 18.8 Å². The van der Waals surface area contributed by atoms with Crippen molar-refractivity contribution in [3.05, 3.63) is 84.4 Å². The molecule has 3 nitrogen and oxygen atoms in total. The second kappa shape index (κ2) is 15.0. The van der Waals surface area contributed by atoms with Gasteiger partial charge in [-0.1, -0.05) is 95.5 Å². The van der Waals surface area contributed by atoms with Crippen LogP contribution in [0, 0.1) is 5.92 Å². The number of rotatable bonds is 15. The van der Waals surface area contributed by atoms with Gasteiger partial charge in [-0.25, -0.2) is 4.79 Å². The summed E-state index contributed by atoms with van der Waals surface area (Å²) in [5.41, 5.74) is 6.02. The third kappa shape index (κ3) is 8.63. The van der Waals surface area contributed by atoms with E-state index in [0.717, 1.165) is 65.9 Å². The van der Waals surface area contributed by atoms with Crippen LogP contribution in [0.5, 0.6) is 5.75 Å². The van der Waals surface area contributed by atoms with E-state index in [4.69, 9.17) is 9.47 Å². The van der Waals surface area contributed by atoms with E-state index in [0.29, 0.717) is 18.1 Å². The van der Waals surface area contributed by atoms with Crippen LogP contribution in [0.2, 0.25) is 0 Å². The minimum atomic E-state index is -0.261. The van der Waals surface area contributed by atoms with E-state index in [1.807, 2.05) is 42.5 Å². The first-order valence-electron chi connectivity index (χ1n) is 13.8. The van der Waals surface area contributed by atoms with E-state index in [2.05, 4.69) is 57.7 Å². The summed E-state index contributed by atoms with van der Waals surface area (Å²) in [4.78, 5) is 12.4. The van der Waals surface area contributed by atoms with Crippen LogP contribution in [-0.2, 0) is 4.74 Å². The third-order valence-corrected chi connectivity index (χ3v) is 6.93. The molecule has 0 heterocycles. The molecule has 3 aromatic rings. The average Bonchev–Trinajstić information content (AvgIpc) is 2.95. The first-order valence-corrected chi connectivity index (χ1v) is 13.8. The summed E-state index contributed by atoms with van der Waals surface area (Å²) >= 11 is 0. The molecule has 3 rings (SSSR count). The van der Waals surface area contributed by atoms with Crippen LogP contribution >= 0.6 is 0 Å². The largest absolute Gasteiger partial charge is 0.494 e. The summed E-state index contributed by atoms with van der Waals surface area (Å²) in [5, 5.41) is 0. The standard InChI is InChI=1S/C34H42O3/c1-5-8-9-10-23-36-32-20-17-28(18-21-32)31-19-22-33(27(7-3)25-31)29-13-15-30(16-14-29)34(35)37-24-11-12-26(4)6-2/h7,13-22,25-26H,3,5-6,8-12,23-24H2,1-2,4H3/t26-/m0/s1. The number of hydrogen-bond acceptors (Lipinski definition) is 3. The molecule has 0 aliphatic rings. The maximum absolute atomic E-state index is 12.4. The second-order valence-corrected chi connectivity index (χ2v) is 9.81. The van der Waals surface area contributed by atoms with Crippen molar-refractivity contribution < 1.29 is 14.3 Å². The van der Waals surface area contributed by atoms with Crippen LogP contribution in [0.15, 0.2) is 73.3 Å². The lowest BCUT2D eigenvalue weighted by atomic mass is 9.94. The predicted octanol–water partition coefficient (Wildman–Crippen LogP) is 9.61. The minimum absolute atomic E-state index is 0.261. The van der Waals surface area contributed by atoms with Gasteiger partial charge >= 0.3 is 5.97 Å². The number of carbonyl (C=O) groups is 1. The highest BCUT2D eigenvalue weighted by Crippen LogP contribution is 2.31. The molecular weight excluding hydrogens is 456 g/mol. The maximum atomic E-state index is 12.4. The summed E-state index contributed by atoms with van der Waals surface area (Å²) in [6.45, 7) is 11.9. The average molecular weight is 499 g/mol. The summed E-state index contributed by atoms with van der Waals surface area (Å²) < 4.78 is 11.3. The van der Waals surface area contributed by atoms with Crippen LogP contribution in [-0.4, -0.2) is 19.2 Å². The molecule has 0 saturated heterocycles. The molecule has 0 amide bonds. The van der Waals surface area contributed by atoms with Crippen molar-refractivity contribution >= 4 is 12.0 Å². The van der Waals surface area contributed by atoms with Gasteiger partial charge in [-0.2, -0.15) is 0 Å². The molecule has 0 fully saturated rings. The van der Waals surface area contributed by atoms with Gasteiger partial charge in [0, 0.05) is 0 Å². The Hall–Kier alpha value is -3.33. The van der Waals surface area contributed by atoms with Crippen molar-refractivity contribution in [1.82, 2.24) is 0 Å². The zero-order valence-electron chi connectivity index (χ0n) is 22.8. The van der Waals surface area contributed by atoms with Gasteiger partial charge in [-0.3, -0.25) is 0 Å². The molecule has 0 spiro atoms. The molecular formula is C34H42O3. The van der Waals surface area contributed by atoms with E-state index in [1.165, 1.54) is 19.3 Å². The molecule has 0 radical (unpaired) electrons. The fourth-order valence-corrected chi connectivity index (χ4v) is 4.31. The normalized spacial score (nSPS) is 11.6. The highest BCUT2D eigenvalue weighted by Gasteiger charge is 2.10. The highest BCUT2D eigenvalue weighted by atomic mass is 16.5. The first kappa shape index (κ1) is 28.2. The molecule has 0 bridgehead atoms. The molecule has 3 aromatic carbocycles. The minimum Gasteiger partial charge on any atom is -0.494 e. The monoisotopic (exact) mass is 498 g/mol. The molecule has 0 aliphatic heterocycles. The van der Waals surface area contributed by atoms with Crippen molar-refractivity contribution in [2.45, 2.75) is 65.7 Å². The Bertz CT molecular complexity index is 1110. The number of hydrogen-bond donors (Lipinski definition) is 0. The lowest BCUT2D eigenvalue weighted by molar-refractivity contribution is 0.0494. The van der Waals surface area contributed by atoms with Gasteiger partial charge in [-0.05, 0) is 83.3 Å². The Morgan fingerprint density at radius 3 is 2.22 bits per heavy atom. The number of ether oxygens (including phenoxy) is 2. The van der Waals surface area contributed by atoms with E-state index in [1.54, 1.807) is 0 Å². The number of esters is 1. The van der Waals surface area contributed by atoms with Crippen molar-refractivity contribution in [2.75, 3.05) is 13.2 Å². The van der Waals surface area contributed by atoms with E-state index >= 15 is 0 Å². The number of carbonyl (C=O) groups excluding carboxylic acids is 1. The highest BCUT2D eigenvalue weighted by molar-refractivity contribution is 5.90. The van der Waals surface area contributed by atoms with Crippen LogP contribution in [0.3, 0.4) is 0 Å². The summed E-state index contributed by atoms with van der Waals surface area (Å²) in [7, 11) is 0. The van der Waals surface area contributed by atoms with E-state index < -0.39 is 0 Å². The first-order chi connectivity index (χ1) is 18.0. The van der Waals surface area contributed by atoms with Gasteiger partial charge in [0.25, 0.3) is 0 Å². The number of benzene rings is 3. The molecule has 0 aliphatic carbocycles. The predicted molar refractivity (Wildman–Crippen MR) is 156 cm³/mol. The van der Waals surface area contributed by atoms with Gasteiger partial charge in [0.1, 0.15) is 5.75 Å². The fourth-order valence-electron chi connectivity index (χ4n) is 4.31. The Morgan fingerprint density at radius 2 is 1.54 bits per heavy atom.